The highest BCUT2D eigenvalue weighted by Crippen LogP contribution is 2.16. The zero-order valence-electron chi connectivity index (χ0n) is 13.1. The topological polar surface area (TPSA) is 78.2 Å². The van der Waals surface area contributed by atoms with Gasteiger partial charge in [-0.05, 0) is 13.8 Å². The minimum atomic E-state index is 0.0309. The molecule has 0 saturated carbocycles. The van der Waals surface area contributed by atoms with Crippen molar-refractivity contribution < 1.29 is 9.47 Å². The number of aryl methyl sites for hydroxylation is 2. The lowest BCUT2D eigenvalue weighted by molar-refractivity contribution is 0.0264. The molecule has 22 heavy (non-hydrogen) atoms. The summed E-state index contributed by atoms with van der Waals surface area (Å²) >= 11 is 0. The molecule has 1 atom stereocenters. The second-order valence-corrected chi connectivity index (χ2v) is 5.23. The van der Waals surface area contributed by atoms with Crippen molar-refractivity contribution in [2.75, 3.05) is 31.7 Å². The molecule has 3 heterocycles. The molecule has 0 amide bonds. The summed E-state index contributed by atoms with van der Waals surface area (Å²) in [5.41, 5.74) is 0. The van der Waals surface area contributed by atoms with Crippen molar-refractivity contribution in [2.24, 2.45) is 0 Å². The molecule has 1 aliphatic heterocycles. The standard InChI is InChI=1S/C14H20N6O2/c1-10-16-11(2)20(18-10)9-12-8-19(6-7-22-12)14-15-5-4-13(17-14)21-3/h4-5,12H,6-9H2,1-3H3. The molecular formula is C14H20N6O2. The minimum Gasteiger partial charge on any atom is -0.481 e. The number of ether oxygens (including phenoxy) is 2. The van der Waals surface area contributed by atoms with Crippen LogP contribution >= 0.6 is 0 Å². The summed E-state index contributed by atoms with van der Waals surface area (Å²) in [4.78, 5) is 15.1. The maximum absolute atomic E-state index is 5.84. The van der Waals surface area contributed by atoms with E-state index >= 15 is 0 Å². The van der Waals surface area contributed by atoms with Crippen LogP contribution in [0.3, 0.4) is 0 Å². The lowest BCUT2D eigenvalue weighted by atomic mass is 10.3. The summed E-state index contributed by atoms with van der Waals surface area (Å²) in [5.74, 6) is 2.91. The highest BCUT2D eigenvalue weighted by atomic mass is 16.5. The average Bonchev–Trinajstić information content (AvgIpc) is 2.85. The van der Waals surface area contributed by atoms with E-state index in [4.69, 9.17) is 9.47 Å². The van der Waals surface area contributed by atoms with Crippen LogP contribution in [0.4, 0.5) is 5.95 Å². The van der Waals surface area contributed by atoms with Crippen LogP contribution in [-0.2, 0) is 11.3 Å². The Morgan fingerprint density at radius 3 is 2.95 bits per heavy atom. The first-order valence-electron chi connectivity index (χ1n) is 7.27. The smallest absolute Gasteiger partial charge is 0.228 e. The van der Waals surface area contributed by atoms with Gasteiger partial charge in [-0.2, -0.15) is 10.1 Å². The lowest BCUT2D eigenvalue weighted by Crippen LogP contribution is -2.45. The Morgan fingerprint density at radius 1 is 1.36 bits per heavy atom. The second kappa shape index (κ2) is 6.27. The summed E-state index contributed by atoms with van der Waals surface area (Å²) in [5, 5.41) is 4.39. The molecule has 1 fully saturated rings. The van der Waals surface area contributed by atoms with Gasteiger partial charge in [-0.3, -0.25) is 0 Å². The maximum atomic E-state index is 5.84. The van der Waals surface area contributed by atoms with Crippen LogP contribution in [0.2, 0.25) is 0 Å². The Balaban J connectivity index is 1.69. The van der Waals surface area contributed by atoms with Gasteiger partial charge in [0.2, 0.25) is 11.8 Å². The molecule has 8 nitrogen and oxygen atoms in total. The van der Waals surface area contributed by atoms with Crippen molar-refractivity contribution in [1.82, 2.24) is 24.7 Å². The summed E-state index contributed by atoms with van der Waals surface area (Å²) in [6.45, 7) is 6.63. The van der Waals surface area contributed by atoms with Crippen molar-refractivity contribution >= 4 is 5.95 Å². The van der Waals surface area contributed by atoms with Crippen molar-refractivity contribution in [2.45, 2.75) is 26.5 Å². The van der Waals surface area contributed by atoms with Crippen molar-refractivity contribution in [1.29, 1.82) is 0 Å². The number of nitrogens with zero attached hydrogens (tertiary/aromatic N) is 6. The van der Waals surface area contributed by atoms with Gasteiger partial charge < -0.3 is 14.4 Å². The monoisotopic (exact) mass is 304 g/mol. The number of hydrogen-bond donors (Lipinski definition) is 0. The van der Waals surface area contributed by atoms with Crippen LogP contribution in [0.5, 0.6) is 5.88 Å². The SMILES string of the molecule is COc1ccnc(N2CCOC(Cn3nc(C)nc3C)C2)n1. The molecular weight excluding hydrogens is 284 g/mol. The van der Waals surface area contributed by atoms with Gasteiger partial charge >= 0.3 is 0 Å². The van der Waals surface area contributed by atoms with Gasteiger partial charge in [0.15, 0.2) is 0 Å². The third-order valence-corrected chi connectivity index (χ3v) is 3.59. The number of anilines is 1. The van der Waals surface area contributed by atoms with Gasteiger partial charge in [0.05, 0.1) is 26.4 Å². The third kappa shape index (κ3) is 3.16. The molecule has 3 rings (SSSR count). The normalized spacial score (nSPS) is 18.5. The average molecular weight is 304 g/mol. The largest absolute Gasteiger partial charge is 0.481 e. The van der Waals surface area contributed by atoms with Crippen LogP contribution in [0.15, 0.2) is 12.3 Å². The Labute approximate surface area is 129 Å². The van der Waals surface area contributed by atoms with Crippen molar-refractivity contribution in [3.05, 3.63) is 23.9 Å². The Morgan fingerprint density at radius 2 is 2.23 bits per heavy atom. The van der Waals surface area contributed by atoms with Crippen molar-refractivity contribution in [3.63, 3.8) is 0 Å². The predicted molar refractivity (Wildman–Crippen MR) is 80.0 cm³/mol. The molecule has 2 aromatic heterocycles. The molecule has 1 saturated heterocycles. The van der Waals surface area contributed by atoms with Gasteiger partial charge in [0.25, 0.3) is 0 Å². The zero-order valence-corrected chi connectivity index (χ0v) is 13.1. The minimum absolute atomic E-state index is 0.0309. The van der Waals surface area contributed by atoms with E-state index in [9.17, 15) is 0 Å². The Hall–Kier alpha value is -2.22. The number of hydrogen-bond acceptors (Lipinski definition) is 7. The summed E-state index contributed by atoms with van der Waals surface area (Å²) in [6.07, 6.45) is 1.74. The first-order valence-corrected chi connectivity index (χ1v) is 7.27. The molecule has 0 radical (unpaired) electrons. The molecule has 8 heteroatoms. The quantitative estimate of drug-likeness (QED) is 0.818. The summed E-state index contributed by atoms with van der Waals surface area (Å²) in [6, 6.07) is 1.74. The van der Waals surface area contributed by atoms with E-state index in [0.29, 0.717) is 31.5 Å². The van der Waals surface area contributed by atoms with Crippen LogP contribution in [0.1, 0.15) is 11.6 Å². The van der Waals surface area contributed by atoms with Crippen LogP contribution in [-0.4, -0.2) is 57.6 Å². The van der Waals surface area contributed by atoms with Crippen molar-refractivity contribution in [3.8, 4) is 5.88 Å². The van der Waals surface area contributed by atoms with Crippen LogP contribution in [0.25, 0.3) is 0 Å². The lowest BCUT2D eigenvalue weighted by Gasteiger charge is -2.32. The Bertz CT molecular complexity index is 644. The van der Waals surface area contributed by atoms with E-state index in [0.717, 1.165) is 18.2 Å². The van der Waals surface area contributed by atoms with Gasteiger partial charge in [-0.25, -0.2) is 14.6 Å². The predicted octanol–water partition coefficient (Wildman–Crippen LogP) is 0.599. The van der Waals surface area contributed by atoms with E-state index in [-0.39, 0.29) is 6.10 Å². The number of aromatic nitrogens is 5. The second-order valence-electron chi connectivity index (χ2n) is 5.23. The Kier molecular flexibility index (Phi) is 4.19. The molecule has 2 aromatic rings. The van der Waals surface area contributed by atoms with E-state index in [1.165, 1.54) is 0 Å². The van der Waals surface area contributed by atoms with Gasteiger partial charge in [0.1, 0.15) is 11.6 Å². The van der Waals surface area contributed by atoms with E-state index in [2.05, 4.69) is 25.0 Å². The molecule has 118 valence electrons. The highest BCUT2D eigenvalue weighted by Gasteiger charge is 2.24. The number of methoxy groups -OCH3 is 1. The van der Waals surface area contributed by atoms with E-state index < -0.39 is 0 Å². The van der Waals surface area contributed by atoms with Gasteiger partial charge in [0, 0.05) is 25.4 Å². The maximum Gasteiger partial charge on any atom is 0.228 e. The first-order chi connectivity index (χ1) is 10.7. The fourth-order valence-electron chi connectivity index (χ4n) is 2.54. The van der Waals surface area contributed by atoms with Crippen LogP contribution < -0.4 is 9.64 Å². The fraction of sp³-hybridized carbons (Fsp3) is 0.571. The van der Waals surface area contributed by atoms with Gasteiger partial charge in [-0.15, -0.1) is 0 Å². The molecule has 0 aliphatic carbocycles. The summed E-state index contributed by atoms with van der Waals surface area (Å²) < 4.78 is 12.9. The first kappa shape index (κ1) is 14.7. The summed E-state index contributed by atoms with van der Waals surface area (Å²) in [7, 11) is 1.60. The number of morpholine rings is 1. The van der Waals surface area contributed by atoms with Crippen LogP contribution in [0, 0.1) is 13.8 Å². The molecule has 1 unspecified atom stereocenters. The fourth-order valence-corrected chi connectivity index (χ4v) is 2.54. The zero-order chi connectivity index (χ0) is 15.5. The van der Waals surface area contributed by atoms with Gasteiger partial charge in [-0.1, -0.05) is 0 Å². The highest BCUT2D eigenvalue weighted by molar-refractivity contribution is 5.32. The van der Waals surface area contributed by atoms with E-state index in [1.54, 1.807) is 19.4 Å². The third-order valence-electron chi connectivity index (χ3n) is 3.59. The molecule has 0 bridgehead atoms. The number of rotatable bonds is 4. The molecule has 1 aliphatic rings. The molecule has 0 aromatic carbocycles. The molecule has 0 spiro atoms. The van der Waals surface area contributed by atoms with E-state index in [1.807, 2.05) is 18.5 Å². The molecule has 0 N–H and O–H groups in total.